The second kappa shape index (κ2) is 7.78. The van der Waals surface area contributed by atoms with Gasteiger partial charge in [-0.3, -0.25) is 10.1 Å². The van der Waals surface area contributed by atoms with Crippen molar-refractivity contribution >= 4 is 11.9 Å². The molecule has 0 aromatic heterocycles. The number of aliphatic hydroxyl groups excluding tert-OH is 2. The largest absolute Gasteiger partial charge is 0.516 e. The fraction of sp³-hybridized carbons (Fsp3) is 0.143. The van der Waals surface area contributed by atoms with Crippen LogP contribution in [0.1, 0.15) is 22.3 Å². The number of imide groups is 1. The van der Waals surface area contributed by atoms with E-state index < -0.39 is 17.5 Å². The van der Waals surface area contributed by atoms with Gasteiger partial charge in [-0.2, -0.15) is 0 Å². The number of carbonyl (C=O) groups is 2. The van der Waals surface area contributed by atoms with Gasteiger partial charge < -0.3 is 15.5 Å². The minimum Gasteiger partial charge on any atom is -0.516 e. The zero-order valence-corrected chi connectivity index (χ0v) is 14.6. The summed E-state index contributed by atoms with van der Waals surface area (Å²) in [6.45, 7) is 0. The van der Waals surface area contributed by atoms with Crippen molar-refractivity contribution < 1.29 is 19.8 Å². The summed E-state index contributed by atoms with van der Waals surface area (Å²) >= 11 is 0. The van der Waals surface area contributed by atoms with Gasteiger partial charge in [-0.15, -0.1) is 0 Å². The lowest BCUT2D eigenvalue weighted by Crippen LogP contribution is -2.46. The quantitative estimate of drug-likeness (QED) is 0.468. The number of urea groups is 1. The first-order valence-corrected chi connectivity index (χ1v) is 8.52. The fourth-order valence-electron chi connectivity index (χ4n) is 3.47. The number of rotatable bonds is 6. The monoisotopic (exact) mass is 364 g/mol. The number of nitrogens with one attached hydrogen (secondary N) is 2. The van der Waals surface area contributed by atoms with E-state index in [1.54, 1.807) is 36.4 Å². The van der Waals surface area contributed by atoms with Crippen molar-refractivity contribution in [1.82, 2.24) is 10.6 Å². The van der Waals surface area contributed by atoms with Gasteiger partial charge in [-0.05, 0) is 47.2 Å². The summed E-state index contributed by atoms with van der Waals surface area (Å²) in [7, 11) is 0. The average Bonchev–Trinajstić information content (AvgIpc) is 2.99. The fourth-order valence-corrected chi connectivity index (χ4v) is 3.47. The number of hydrogen-bond acceptors (Lipinski definition) is 4. The zero-order chi connectivity index (χ0) is 19.3. The van der Waals surface area contributed by atoms with Crippen LogP contribution in [0.25, 0.3) is 0 Å². The molecule has 1 saturated heterocycles. The van der Waals surface area contributed by atoms with Gasteiger partial charge in [0.25, 0.3) is 5.91 Å². The maximum atomic E-state index is 13.0. The Kier molecular flexibility index (Phi) is 5.26. The first-order valence-electron chi connectivity index (χ1n) is 8.52. The average molecular weight is 364 g/mol. The lowest BCUT2D eigenvalue weighted by molar-refractivity contribution is -0.122. The SMILES string of the molecule is O=C1NC(=O)C(c2ccccc2CC=CO)(c2ccccc2CC=CO)N1. The second-order valence-corrected chi connectivity index (χ2v) is 6.15. The van der Waals surface area contributed by atoms with Crippen molar-refractivity contribution in [2.45, 2.75) is 18.4 Å². The Bertz CT molecular complexity index is 860. The molecule has 3 amide bonds. The Balaban J connectivity index is 2.26. The number of carbonyl (C=O) groups excluding carboxylic acids is 2. The van der Waals surface area contributed by atoms with Crippen LogP contribution in [0.4, 0.5) is 4.79 Å². The van der Waals surface area contributed by atoms with Crippen LogP contribution in [0.2, 0.25) is 0 Å². The maximum absolute atomic E-state index is 13.0. The Hall–Kier alpha value is -3.54. The van der Waals surface area contributed by atoms with Crippen LogP contribution in [0, 0.1) is 0 Å². The third-order valence-corrected chi connectivity index (χ3v) is 4.60. The molecule has 0 spiro atoms. The Morgan fingerprint density at radius 2 is 1.30 bits per heavy atom. The van der Waals surface area contributed by atoms with E-state index in [0.717, 1.165) is 23.7 Å². The highest BCUT2D eigenvalue weighted by molar-refractivity contribution is 6.10. The third kappa shape index (κ3) is 3.29. The second-order valence-electron chi connectivity index (χ2n) is 6.15. The number of benzene rings is 2. The van der Waals surface area contributed by atoms with Crippen molar-refractivity contribution in [3.63, 3.8) is 0 Å². The summed E-state index contributed by atoms with van der Waals surface area (Å²) in [6, 6.07) is 14.0. The van der Waals surface area contributed by atoms with Crippen LogP contribution in [0.3, 0.4) is 0 Å². The van der Waals surface area contributed by atoms with E-state index in [0.29, 0.717) is 24.0 Å². The normalized spacial score (nSPS) is 19.6. The molecule has 0 atom stereocenters. The van der Waals surface area contributed by atoms with Gasteiger partial charge in [-0.25, -0.2) is 4.79 Å². The van der Waals surface area contributed by atoms with E-state index in [1.165, 1.54) is 0 Å². The minimum absolute atomic E-state index is 0.399. The van der Waals surface area contributed by atoms with E-state index in [2.05, 4.69) is 10.6 Å². The zero-order valence-electron chi connectivity index (χ0n) is 14.6. The van der Waals surface area contributed by atoms with Crippen LogP contribution in [-0.4, -0.2) is 22.2 Å². The van der Waals surface area contributed by atoms with E-state index in [1.807, 2.05) is 24.3 Å². The molecule has 3 rings (SSSR count). The highest BCUT2D eigenvalue weighted by Gasteiger charge is 2.50. The van der Waals surface area contributed by atoms with E-state index in [9.17, 15) is 9.59 Å². The van der Waals surface area contributed by atoms with Crippen molar-refractivity contribution in [3.8, 4) is 0 Å². The lowest BCUT2D eigenvalue weighted by atomic mass is 9.77. The van der Waals surface area contributed by atoms with Gasteiger partial charge in [0, 0.05) is 0 Å². The summed E-state index contributed by atoms with van der Waals surface area (Å²) in [5.41, 5.74) is 1.47. The predicted molar refractivity (Wildman–Crippen MR) is 101 cm³/mol. The molecule has 0 saturated carbocycles. The number of aliphatic hydroxyl groups is 2. The summed E-state index contributed by atoms with van der Waals surface area (Å²) in [5, 5.41) is 23.2. The standard InChI is InChI=1S/C21H20N2O4/c24-13-5-9-15-7-1-3-11-17(15)21(19(26)22-20(27)23-21)18-12-4-2-8-16(18)10-6-14-25/h1-8,11-14,24-25H,9-10H2,(H2,22,23,26,27). The Morgan fingerprint density at radius 3 is 1.70 bits per heavy atom. The first kappa shape index (κ1) is 18.3. The molecule has 1 fully saturated rings. The number of hydrogen-bond donors (Lipinski definition) is 4. The van der Waals surface area contributed by atoms with Gasteiger partial charge >= 0.3 is 6.03 Å². The van der Waals surface area contributed by atoms with E-state index in [-0.39, 0.29) is 0 Å². The molecule has 1 aliphatic rings. The van der Waals surface area contributed by atoms with Crippen LogP contribution in [-0.2, 0) is 23.2 Å². The summed E-state index contributed by atoms with van der Waals surface area (Å²) in [4.78, 5) is 25.1. The summed E-state index contributed by atoms with van der Waals surface area (Å²) in [5.74, 6) is -0.464. The predicted octanol–water partition coefficient (Wildman–Crippen LogP) is 3.00. The van der Waals surface area contributed by atoms with Crippen LogP contribution in [0.5, 0.6) is 0 Å². The van der Waals surface area contributed by atoms with Crippen molar-refractivity contribution in [2.24, 2.45) is 0 Å². The molecule has 138 valence electrons. The number of amides is 3. The van der Waals surface area contributed by atoms with Crippen molar-refractivity contribution in [1.29, 1.82) is 0 Å². The molecule has 27 heavy (non-hydrogen) atoms. The first-order chi connectivity index (χ1) is 13.1. The molecule has 0 unspecified atom stereocenters. The molecule has 2 aromatic carbocycles. The molecule has 0 bridgehead atoms. The van der Waals surface area contributed by atoms with Gasteiger partial charge in [0.05, 0.1) is 12.5 Å². The molecule has 6 heteroatoms. The molecule has 1 heterocycles. The summed E-state index contributed by atoms with van der Waals surface area (Å²) in [6.07, 6.45) is 5.85. The molecule has 4 N–H and O–H groups in total. The highest BCUT2D eigenvalue weighted by atomic mass is 16.2. The molecule has 2 aromatic rings. The number of allylic oxidation sites excluding steroid dienone is 2. The van der Waals surface area contributed by atoms with Crippen LogP contribution in [0.15, 0.2) is 73.2 Å². The molecule has 6 nitrogen and oxygen atoms in total. The maximum Gasteiger partial charge on any atom is 0.322 e. The van der Waals surface area contributed by atoms with Gasteiger partial charge in [0.2, 0.25) is 0 Å². The lowest BCUT2D eigenvalue weighted by Gasteiger charge is -2.31. The molecule has 0 aliphatic carbocycles. The van der Waals surface area contributed by atoms with Gasteiger partial charge in [-0.1, -0.05) is 48.5 Å². The molecular weight excluding hydrogens is 344 g/mol. The van der Waals surface area contributed by atoms with Gasteiger partial charge in [0.1, 0.15) is 0 Å². The van der Waals surface area contributed by atoms with Crippen LogP contribution >= 0.6 is 0 Å². The Morgan fingerprint density at radius 1 is 0.815 bits per heavy atom. The highest BCUT2D eigenvalue weighted by Crippen LogP contribution is 2.37. The summed E-state index contributed by atoms with van der Waals surface area (Å²) < 4.78 is 0. The smallest absolute Gasteiger partial charge is 0.322 e. The molecular formula is C21H20N2O4. The Labute approximate surface area is 156 Å². The van der Waals surface area contributed by atoms with Crippen LogP contribution < -0.4 is 10.6 Å². The topological polar surface area (TPSA) is 98.7 Å². The minimum atomic E-state index is -1.39. The van der Waals surface area contributed by atoms with Gasteiger partial charge in [0.15, 0.2) is 5.54 Å². The van der Waals surface area contributed by atoms with E-state index >= 15 is 0 Å². The molecule has 1 aliphatic heterocycles. The molecule has 0 radical (unpaired) electrons. The van der Waals surface area contributed by atoms with Crippen molar-refractivity contribution in [2.75, 3.05) is 0 Å². The van der Waals surface area contributed by atoms with Crippen molar-refractivity contribution in [3.05, 3.63) is 95.5 Å². The van der Waals surface area contributed by atoms with E-state index in [4.69, 9.17) is 10.2 Å². The third-order valence-electron chi connectivity index (χ3n) is 4.60.